The number of pyridine rings is 1. The highest BCUT2D eigenvalue weighted by atomic mass is 19.4. The molecule has 0 saturated carbocycles. The third-order valence-corrected chi connectivity index (χ3v) is 5.83. The summed E-state index contributed by atoms with van der Waals surface area (Å²) in [6.07, 6.45) is -1.20. The van der Waals surface area contributed by atoms with Crippen molar-refractivity contribution in [1.29, 1.82) is 0 Å². The molecule has 2 aromatic rings. The molecular weight excluding hydrogens is 406 g/mol. The van der Waals surface area contributed by atoms with E-state index in [1.807, 2.05) is 13.8 Å². The van der Waals surface area contributed by atoms with Crippen molar-refractivity contribution in [2.24, 2.45) is 4.99 Å². The van der Waals surface area contributed by atoms with E-state index < -0.39 is 17.9 Å². The van der Waals surface area contributed by atoms with Crippen LogP contribution in [-0.2, 0) is 6.18 Å². The molecule has 0 radical (unpaired) electrons. The topological polar surface area (TPSA) is 37.3 Å². The summed E-state index contributed by atoms with van der Waals surface area (Å²) in [7, 11) is 0. The van der Waals surface area contributed by atoms with Gasteiger partial charge in [-0.25, -0.2) is 4.39 Å². The van der Waals surface area contributed by atoms with Gasteiger partial charge < -0.3 is 5.32 Å². The number of rotatable bonds is 3. The number of aromatic nitrogens is 1. The lowest BCUT2D eigenvalue weighted by Crippen LogP contribution is -2.18. The van der Waals surface area contributed by atoms with Crippen LogP contribution in [0.1, 0.15) is 36.6 Å². The molecule has 0 bridgehead atoms. The zero-order valence-electron chi connectivity index (χ0n) is 17.5. The second-order valence-electron chi connectivity index (χ2n) is 7.85. The molecule has 2 heterocycles. The summed E-state index contributed by atoms with van der Waals surface area (Å²) in [4.78, 5) is 9.14. The normalized spacial score (nSPS) is 20.7. The molecule has 0 amide bonds. The van der Waals surface area contributed by atoms with Gasteiger partial charge in [0.1, 0.15) is 12.0 Å². The SMILES string of the molecule is CCC1N=C(Nc2cc(-c3ccccc3C(F)(F)F)nc(C)c2C)C2=C1C=CC(F)C2. The number of halogens is 4. The minimum atomic E-state index is -4.49. The number of hydrogen-bond donors (Lipinski definition) is 1. The zero-order valence-corrected chi connectivity index (χ0v) is 17.5. The van der Waals surface area contributed by atoms with Gasteiger partial charge in [0.25, 0.3) is 0 Å². The highest BCUT2D eigenvalue weighted by Crippen LogP contribution is 2.38. The van der Waals surface area contributed by atoms with Crippen LogP contribution in [0.2, 0.25) is 0 Å². The van der Waals surface area contributed by atoms with Gasteiger partial charge in [-0.05, 0) is 43.5 Å². The van der Waals surface area contributed by atoms with Crippen molar-refractivity contribution in [3.05, 3.63) is 70.5 Å². The Bertz CT molecular complexity index is 1110. The summed E-state index contributed by atoms with van der Waals surface area (Å²) in [6, 6.07) is 6.97. The molecular formula is C24H23F4N3. The summed E-state index contributed by atoms with van der Waals surface area (Å²) in [5.41, 5.74) is 3.38. The van der Waals surface area contributed by atoms with Gasteiger partial charge in [-0.2, -0.15) is 13.2 Å². The van der Waals surface area contributed by atoms with Gasteiger partial charge in [0.2, 0.25) is 0 Å². The van der Waals surface area contributed by atoms with Crippen molar-refractivity contribution < 1.29 is 17.6 Å². The maximum atomic E-state index is 14.0. The van der Waals surface area contributed by atoms with Crippen LogP contribution < -0.4 is 5.32 Å². The third kappa shape index (κ3) is 4.01. The van der Waals surface area contributed by atoms with E-state index in [2.05, 4.69) is 10.3 Å². The van der Waals surface area contributed by atoms with Gasteiger partial charge in [-0.1, -0.05) is 37.3 Å². The molecule has 7 heteroatoms. The van der Waals surface area contributed by atoms with Crippen LogP contribution in [0.3, 0.4) is 0 Å². The lowest BCUT2D eigenvalue weighted by atomic mass is 9.93. The monoisotopic (exact) mass is 429 g/mol. The number of aryl methyl sites for hydroxylation is 1. The van der Waals surface area contributed by atoms with Crippen molar-refractivity contribution in [2.75, 3.05) is 5.32 Å². The highest BCUT2D eigenvalue weighted by Gasteiger charge is 2.34. The first-order chi connectivity index (χ1) is 14.7. The lowest BCUT2D eigenvalue weighted by molar-refractivity contribution is -0.137. The molecule has 4 rings (SSSR count). The molecule has 1 aliphatic carbocycles. The molecule has 31 heavy (non-hydrogen) atoms. The average molecular weight is 429 g/mol. The molecule has 1 N–H and O–H groups in total. The minimum Gasteiger partial charge on any atom is -0.340 e. The fourth-order valence-electron chi connectivity index (χ4n) is 4.04. The first-order valence-corrected chi connectivity index (χ1v) is 10.2. The molecule has 1 aliphatic heterocycles. The molecule has 162 valence electrons. The quantitative estimate of drug-likeness (QED) is 0.560. The van der Waals surface area contributed by atoms with Crippen LogP contribution in [0, 0.1) is 13.8 Å². The molecule has 0 fully saturated rings. The van der Waals surface area contributed by atoms with Crippen LogP contribution in [0.5, 0.6) is 0 Å². The maximum Gasteiger partial charge on any atom is 0.417 e. The van der Waals surface area contributed by atoms with Crippen LogP contribution in [0.25, 0.3) is 11.3 Å². The van der Waals surface area contributed by atoms with Crippen molar-refractivity contribution in [3.8, 4) is 11.3 Å². The molecule has 1 aromatic carbocycles. The molecule has 0 saturated heterocycles. The number of nitrogens with one attached hydrogen (secondary N) is 1. The summed E-state index contributed by atoms with van der Waals surface area (Å²) in [5, 5.41) is 3.27. The molecule has 2 atom stereocenters. The predicted octanol–water partition coefficient (Wildman–Crippen LogP) is 6.58. The number of benzene rings is 1. The number of alkyl halides is 4. The first kappa shape index (κ1) is 21.3. The van der Waals surface area contributed by atoms with E-state index in [4.69, 9.17) is 4.99 Å². The molecule has 1 aromatic heterocycles. The largest absolute Gasteiger partial charge is 0.417 e. The van der Waals surface area contributed by atoms with Gasteiger partial charge in [0, 0.05) is 28.9 Å². The van der Waals surface area contributed by atoms with E-state index in [-0.39, 0.29) is 23.7 Å². The fraction of sp³-hybridized carbons (Fsp3) is 0.333. The van der Waals surface area contributed by atoms with E-state index in [1.54, 1.807) is 31.2 Å². The Kier molecular flexibility index (Phi) is 5.45. The summed E-state index contributed by atoms with van der Waals surface area (Å²) in [5.74, 6) is 0.581. The Labute approximate surface area is 178 Å². The zero-order chi connectivity index (χ0) is 22.3. The molecule has 2 unspecified atom stereocenters. The van der Waals surface area contributed by atoms with Crippen LogP contribution in [0.15, 0.2) is 58.6 Å². The third-order valence-electron chi connectivity index (χ3n) is 5.83. The van der Waals surface area contributed by atoms with Crippen molar-refractivity contribution >= 4 is 11.5 Å². The number of amidine groups is 1. The van der Waals surface area contributed by atoms with Crippen LogP contribution >= 0.6 is 0 Å². The second-order valence-corrected chi connectivity index (χ2v) is 7.85. The van der Waals surface area contributed by atoms with Gasteiger partial charge in [0.15, 0.2) is 0 Å². The Morgan fingerprint density at radius 3 is 2.61 bits per heavy atom. The van der Waals surface area contributed by atoms with E-state index in [0.29, 0.717) is 17.2 Å². The Morgan fingerprint density at radius 1 is 1.16 bits per heavy atom. The smallest absolute Gasteiger partial charge is 0.340 e. The average Bonchev–Trinajstić information content (AvgIpc) is 3.07. The van der Waals surface area contributed by atoms with Crippen molar-refractivity contribution in [2.45, 2.75) is 52.0 Å². The minimum absolute atomic E-state index is 0.0188. The Balaban J connectivity index is 1.76. The Hall–Kier alpha value is -2.96. The highest BCUT2D eigenvalue weighted by molar-refractivity contribution is 6.11. The Morgan fingerprint density at radius 2 is 1.90 bits per heavy atom. The summed E-state index contributed by atoms with van der Waals surface area (Å²) < 4.78 is 54.6. The second kappa shape index (κ2) is 7.94. The number of nitrogens with zero attached hydrogens (tertiary/aromatic N) is 2. The van der Waals surface area contributed by atoms with E-state index >= 15 is 0 Å². The number of aliphatic imine (C=N–C) groups is 1. The molecule has 3 nitrogen and oxygen atoms in total. The van der Waals surface area contributed by atoms with E-state index in [9.17, 15) is 17.6 Å². The molecule has 2 aliphatic rings. The van der Waals surface area contributed by atoms with Gasteiger partial charge in [0.05, 0.1) is 17.3 Å². The lowest BCUT2D eigenvalue weighted by Gasteiger charge is -2.19. The van der Waals surface area contributed by atoms with E-state index in [0.717, 1.165) is 29.2 Å². The summed E-state index contributed by atoms with van der Waals surface area (Å²) in [6.45, 7) is 5.63. The van der Waals surface area contributed by atoms with Gasteiger partial charge in [-0.15, -0.1) is 0 Å². The number of hydrogen-bond acceptors (Lipinski definition) is 3. The first-order valence-electron chi connectivity index (χ1n) is 10.2. The van der Waals surface area contributed by atoms with Crippen molar-refractivity contribution in [3.63, 3.8) is 0 Å². The maximum absolute atomic E-state index is 14.0. The van der Waals surface area contributed by atoms with Crippen LogP contribution in [0.4, 0.5) is 23.2 Å². The number of allylic oxidation sites excluding steroid dienone is 1. The van der Waals surface area contributed by atoms with Gasteiger partial charge in [-0.3, -0.25) is 9.98 Å². The van der Waals surface area contributed by atoms with E-state index in [1.165, 1.54) is 12.1 Å². The number of anilines is 1. The van der Waals surface area contributed by atoms with Gasteiger partial charge >= 0.3 is 6.18 Å². The van der Waals surface area contributed by atoms with Crippen molar-refractivity contribution in [1.82, 2.24) is 4.98 Å². The summed E-state index contributed by atoms with van der Waals surface area (Å²) >= 11 is 0. The van der Waals surface area contributed by atoms with Crippen LogP contribution in [-0.4, -0.2) is 23.0 Å². The predicted molar refractivity (Wildman–Crippen MR) is 115 cm³/mol. The standard InChI is InChI=1S/C24H23F4N3/c1-4-20-16-10-9-15(25)11-18(16)23(30-20)31-21-12-22(29-14(3)13(21)2)17-7-5-6-8-19(17)24(26,27)28/h5-10,12,15,20H,4,11H2,1-3H3,(H,29,30,31). The fourth-order valence-corrected chi connectivity index (χ4v) is 4.04. The molecule has 0 spiro atoms.